The van der Waals surface area contributed by atoms with Gasteiger partial charge in [0.05, 0.1) is 0 Å². The van der Waals surface area contributed by atoms with Crippen molar-refractivity contribution in [3.05, 3.63) is 21.6 Å². The summed E-state index contributed by atoms with van der Waals surface area (Å²) < 4.78 is 12.9. The highest BCUT2D eigenvalue weighted by molar-refractivity contribution is 7.12. The summed E-state index contributed by atoms with van der Waals surface area (Å²) in [7, 11) is 0. The highest BCUT2D eigenvalue weighted by atomic mass is 32.1. The Morgan fingerprint density at radius 2 is 1.91 bits per heavy atom. The van der Waals surface area contributed by atoms with E-state index in [-0.39, 0.29) is 11.2 Å². The van der Waals surface area contributed by atoms with Gasteiger partial charge in [-0.2, -0.15) is 0 Å². The van der Waals surface area contributed by atoms with Crippen LogP contribution >= 0.6 is 11.3 Å². The monoisotopic (exact) mass is 172 g/mol. The summed E-state index contributed by atoms with van der Waals surface area (Å²) in [5, 5.41) is 0. The van der Waals surface area contributed by atoms with E-state index in [9.17, 15) is 4.39 Å². The van der Waals surface area contributed by atoms with Crippen LogP contribution in [0.15, 0.2) is 6.07 Å². The standard InChI is InChI=1S/C9H13FS/c1-6-7(10)5-8(11-6)9(2,3)4/h5H,1-4H3. The fraction of sp³-hybridized carbons (Fsp3) is 0.556. The zero-order valence-corrected chi connectivity index (χ0v) is 8.18. The Bertz CT molecular complexity index is 236. The molecule has 1 heterocycles. The average molecular weight is 172 g/mol. The van der Waals surface area contributed by atoms with Gasteiger partial charge in [0.1, 0.15) is 5.82 Å². The van der Waals surface area contributed by atoms with Gasteiger partial charge in [-0.05, 0) is 18.4 Å². The molecule has 0 aliphatic rings. The van der Waals surface area contributed by atoms with Crippen LogP contribution < -0.4 is 0 Å². The van der Waals surface area contributed by atoms with Crippen molar-refractivity contribution in [3.8, 4) is 0 Å². The molecule has 0 spiro atoms. The fourth-order valence-corrected chi connectivity index (χ4v) is 1.78. The van der Waals surface area contributed by atoms with Crippen molar-refractivity contribution >= 4 is 11.3 Å². The van der Waals surface area contributed by atoms with E-state index in [4.69, 9.17) is 0 Å². The summed E-state index contributed by atoms with van der Waals surface area (Å²) in [6.45, 7) is 8.10. The Hall–Kier alpha value is -0.370. The summed E-state index contributed by atoms with van der Waals surface area (Å²) >= 11 is 1.55. The van der Waals surface area contributed by atoms with E-state index >= 15 is 0 Å². The molecule has 0 fully saturated rings. The van der Waals surface area contributed by atoms with Gasteiger partial charge in [-0.3, -0.25) is 0 Å². The number of thiophene rings is 1. The van der Waals surface area contributed by atoms with Crippen LogP contribution in [0.25, 0.3) is 0 Å². The summed E-state index contributed by atoms with van der Waals surface area (Å²) in [6.07, 6.45) is 0. The molecule has 1 aromatic heterocycles. The molecule has 0 amide bonds. The maximum absolute atomic E-state index is 12.9. The van der Waals surface area contributed by atoms with Crippen LogP contribution in [0.2, 0.25) is 0 Å². The Morgan fingerprint density at radius 3 is 2.09 bits per heavy atom. The van der Waals surface area contributed by atoms with Crippen molar-refractivity contribution in [2.45, 2.75) is 33.1 Å². The van der Waals surface area contributed by atoms with E-state index in [2.05, 4.69) is 20.8 Å². The molecule has 1 rings (SSSR count). The molecule has 0 radical (unpaired) electrons. The molecule has 11 heavy (non-hydrogen) atoms. The van der Waals surface area contributed by atoms with Gasteiger partial charge >= 0.3 is 0 Å². The number of rotatable bonds is 0. The molecule has 0 atom stereocenters. The van der Waals surface area contributed by atoms with Gasteiger partial charge in [-0.1, -0.05) is 20.8 Å². The van der Waals surface area contributed by atoms with E-state index < -0.39 is 0 Å². The van der Waals surface area contributed by atoms with Crippen LogP contribution in [0, 0.1) is 12.7 Å². The van der Waals surface area contributed by atoms with Crippen molar-refractivity contribution < 1.29 is 4.39 Å². The second-order valence-corrected chi connectivity index (χ2v) is 5.02. The predicted molar refractivity (Wildman–Crippen MR) is 47.7 cm³/mol. The van der Waals surface area contributed by atoms with E-state index in [1.807, 2.05) is 6.92 Å². The normalized spacial score (nSPS) is 12.1. The van der Waals surface area contributed by atoms with Crippen molar-refractivity contribution in [1.82, 2.24) is 0 Å². The molecule has 0 N–H and O–H groups in total. The Labute approximate surface area is 71.1 Å². The van der Waals surface area contributed by atoms with Gasteiger partial charge in [-0.15, -0.1) is 11.3 Å². The van der Waals surface area contributed by atoms with Gasteiger partial charge < -0.3 is 0 Å². The number of aryl methyl sites for hydroxylation is 1. The second-order valence-electron chi connectivity index (χ2n) is 3.76. The van der Waals surface area contributed by atoms with Gasteiger partial charge in [0, 0.05) is 9.75 Å². The third kappa shape index (κ3) is 1.80. The Kier molecular flexibility index (Phi) is 2.06. The first kappa shape index (κ1) is 8.72. The van der Waals surface area contributed by atoms with E-state index in [1.165, 1.54) is 0 Å². The first-order chi connectivity index (χ1) is 4.91. The molecule has 0 bridgehead atoms. The Morgan fingerprint density at radius 1 is 1.36 bits per heavy atom. The molecular weight excluding hydrogens is 159 g/mol. The minimum Gasteiger partial charge on any atom is -0.206 e. The zero-order valence-electron chi connectivity index (χ0n) is 7.36. The van der Waals surface area contributed by atoms with Crippen molar-refractivity contribution in [1.29, 1.82) is 0 Å². The molecule has 0 nitrogen and oxygen atoms in total. The summed E-state index contributed by atoms with van der Waals surface area (Å²) in [6, 6.07) is 1.64. The second kappa shape index (κ2) is 2.59. The lowest BCUT2D eigenvalue weighted by Gasteiger charge is -2.14. The molecule has 0 saturated heterocycles. The van der Waals surface area contributed by atoms with Crippen LogP contribution in [0.1, 0.15) is 30.5 Å². The highest BCUT2D eigenvalue weighted by Gasteiger charge is 2.17. The topological polar surface area (TPSA) is 0 Å². The quantitative estimate of drug-likeness (QED) is 0.562. The molecule has 0 aromatic carbocycles. The van der Waals surface area contributed by atoms with Crippen molar-refractivity contribution in [3.63, 3.8) is 0 Å². The van der Waals surface area contributed by atoms with Crippen LogP contribution in [0.4, 0.5) is 4.39 Å². The molecule has 0 aliphatic heterocycles. The zero-order chi connectivity index (χ0) is 8.65. The van der Waals surface area contributed by atoms with E-state index in [0.29, 0.717) is 0 Å². The lowest BCUT2D eigenvalue weighted by molar-refractivity contribution is 0.589. The maximum Gasteiger partial charge on any atom is 0.137 e. The number of hydrogen-bond acceptors (Lipinski definition) is 1. The minimum absolute atomic E-state index is 0.0695. The first-order valence-electron chi connectivity index (χ1n) is 3.67. The molecule has 0 unspecified atom stereocenters. The van der Waals surface area contributed by atoms with Crippen LogP contribution in [0.3, 0.4) is 0 Å². The summed E-state index contributed by atoms with van der Waals surface area (Å²) in [5.74, 6) is -0.0695. The minimum atomic E-state index is -0.0695. The lowest BCUT2D eigenvalue weighted by Crippen LogP contribution is -2.07. The smallest absolute Gasteiger partial charge is 0.137 e. The van der Waals surface area contributed by atoms with Gasteiger partial charge in [-0.25, -0.2) is 4.39 Å². The first-order valence-corrected chi connectivity index (χ1v) is 4.49. The van der Waals surface area contributed by atoms with E-state index in [1.54, 1.807) is 17.4 Å². The lowest BCUT2D eigenvalue weighted by atomic mass is 9.95. The third-order valence-corrected chi connectivity index (χ3v) is 3.05. The number of hydrogen-bond donors (Lipinski definition) is 0. The largest absolute Gasteiger partial charge is 0.206 e. The van der Waals surface area contributed by atoms with Crippen molar-refractivity contribution in [2.24, 2.45) is 0 Å². The molecular formula is C9H13FS. The average Bonchev–Trinajstić information content (AvgIpc) is 2.11. The molecule has 62 valence electrons. The molecule has 0 saturated carbocycles. The van der Waals surface area contributed by atoms with Crippen molar-refractivity contribution in [2.75, 3.05) is 0 Å². The Balaban J connectivity index is 3.08. The number of halogens is 1. The molecule has 0 aliphatic carbocycles. The molecule has 1 aromatic rings. The predicted octanol–water partition coefficient (Wildman–Crippen LogP) is 3.49. The SMILES string of the molecule is Cc1sc(C(C)(C)C)cc1F. The van der Waals surface area contributed by atoms with Crippen LogP contribution in [0.5, 0.6) is 0 Å². The van der Waals surface area contributed by atoms with Crippen LogP contribution in [-0.4, -0.2) is 0 Å². The van der Waals surface area contributed by atoms with Crippen LogP contribution in [-0.2, 0) is 5.41 Å². The van der Waals surface area contributed by atoms with Gasteiger partial charge in [0.25, 0.3) is 0 Å². The fourth-order valence-electron chi connectivity index (χ4n) is 0.829. The summed E-state index contributed by atoms with van der Waals surface area (Å²) in [5.41, 5.74) is 0.0831. The summed E-state index contributed by atoms with van der Waals surface area (Å²) in [4.78, 5) is 1.91. The maximum atomic E-state index is 12.9. The highest BCUT2D eigenvalue weighted by Crippen LogP contribution is 2.30. The third-order valence-electron chi connectivity index (χ3n) is 1.60. The van der Waals surface area contributed by atoms with E-state index in [0.717, 1.165) is 9.75 Å². The van der Waals surface area contributed by atoms with Gasteiger partial charge in [0.15, 0.2) is 0 Å². The van der Waals surface area contributed by atoms with Gasteiger partial charge in [0.2, 0.25) is 0 Å². The molecule has 2 heteroatoms.